The van der Waals surface area contributed by atoms with Crippen molar-refractivity contribution in [1.82, 2.24) is 10.1 Å². The van der Waals surface area contributed by atoms with E-state index in [2.05, 4.69) is 30.9 Å². The van der Waals surface area contributed by atoms with Crippen LogP contribution in [-0.2, 0) is 0 Å². The Bertz CT molecular complexity index is 268. The third-order valence-corrected chi connectivity index (χ3v) is 2.64. The molecule has 0 spiro atoms. The lowest BCUT2D eigenvalue weighted by Crippen LogP contribution is -2.12. The fourth-order valence-corrected chi connectivity index (χ4v) is 1.24. The first-order chi connectivity index (χ1) is 6.72. The van der Waals surface area contributed by atoms with E-state index in [1.54, 1.807) is 0 Å². The Balaban J connectivity index is 2.76. The molecule has 0 saturated carbocycles. The smallest absolute Gasteiger partial charge is 0.231 e. The average Bonchev–Trinajstić information content (AvgIpc) is 2.68. The van der Waals surface area contributed by atoms with Gasteiger partial charge in [0.05, 0.1) is 5.92 Å². The average molecular weight is 197 g/mol. The lowest BCUT2D eigenvalue weighted by atomic mass is 10.1. The molecule has 2 unspecified atom stereocenters. The van der Waals surface area contributed by atoms with Crippen LogP contribution in [0.25, 0.3) is 0 Å². The molecule has 4 nitrogen and oxygen atoms in total. The van der Waals surface area contributed by atoms with Gasteiger partial charge in [0.1, 0.15) is 0 Å². The maximum atomic E-state index is 5.61. The van der Waals surface area contributed by atoms with Gasteiger partial charge in [-0.1, -0.05) is 25.9 Å². The predicted molar refractivity (Wildman–Crippen MR) is 55.1 cm³/mol. The molecular weight excluding hydrogens is 178 g/mol. The zero-order valence-corrected chi connectivity index (χ0v) is 9.16. The van der Waals surface area contributed by atoms with Crippen LogP contribution in [-0.4, -0.2) is 16.7 Å². The summed E-state index contributed by atoms with van der Waals surface area (Å²) < 4.78 is 5.19. The quantitative estimate of drug-likeness (QED) is 0.784. The van der Waals surface area contributed by atoms with Crippen LogP contribution in [0, 0.1) is 0 Å². The summed E-state index contributed by atoms with van der Waals surface area (Å²) in [5, 5.41) is 3.96. The van der Waals surface area contributed by atoms with Gasteiger partial charge < -0.3 is 10.3 Å². The predicted octanol–water partition coefficient (Wildman–Crippen LogP) is 2.04. The van der Waals surface area contributed by atoms with E-state index in [0.717, 1.165) is 18.7 Å². The summed E-state index contributed by atoms with van der Waals surface area (Å²) in [6.07, 6.45) is 1.97. The van der Waals surface area contributed by atoms with E-state index < -0.39 is 0 Å². The molecule has 0 aromatic carbocycles. The molecule has 1 aromatic heterocycles. The standard InChI is InChI=1S/C10H19N3O/c1-4-7(3)9-12-10(14-13-9)8(5-2)6-11/h7-8H,4-6,11H2,1-3H3. The maximum absolute atomic E-state index is 5.61. The molecule has 1 heterocycles. The van der Waals surface area contributed by atoms with Gasteiger partial charge in [0.15, 0.2) is 5.82 Å². The van der Waals surface area contributed by atoms with Crippen molar-refractivity contribution < 1.29 is 4.52 Å². The Labute approximate surface area is 84.9 Å². The number of hydrogen-bond acceptors (Lipinski definition) is 4. The molecule has 0 radical (unpaired) electrons. The van der Waals surface area contributed by atoms with Crippen molar-refractivity contribution in [3.63, 3.8) is 0 Å². The van der Waals surface area contributed by atoms with Gasteiger partial charge in [-0.3, -0.25) is 0 Å². The van der Waals surface area contributed by atoms with Gasteiger partial charge in [0.2, 0.25) is 5.89 Å². The molecule has 4 heteroatoms. The summed E-state index contributed by atoms with van der Waals surface area (Å²) in [5.41, 5.74) is 5.61. The Hall–Kier alpha value is -0.900. The lowest BCUT2D eigenvalue weighted by molar-refractivity contribution is 0.345. The largest absolute Gasteiger partial charge is 0.339 e. The number of aromatic nitrogens is 2. The molecule has 80 valence electrons. The first-order valence-electron chi connectivity index (χ1n) is 5.26. The van der Waals surface area contributed by atoms with Gasteiger partial charge in [-0.15, -0.1) is 0 Å². The minimum Gasteiger partial charge on any atom is -0.339 e. The molecule has 1 aromatic rings. The second-order valence-electron chi connectivity index (χ2n) is 3.64. The summed E-state index contributed by atoms with van der Waals surface area (Å²) in [6, 6.07) is 0. The molecule has 0 aliphatic rings. The van der Waals surface area contributed by atoms with Crippen molar-refractivity contribution in [3.8, 4) is 0 Å². The van der Waals surface area contributed by atoms with Crippen LogP contribution in [0.2, 0.25) is 0 Å². The van der Waals surface area contributed by atoms with E-state index in [1.165, 1.54) is 0 Å². The number of rotatable bonds is 5. The molecule has 0 bridgehead atoms. The van der Waals surface area contributed by atoms with Crippen LogP contribution in [0.1, 0.15) is 57.2 Å². The second-order valence-corrected chi connectivity index (χ2v) is 3.64. The lowest BCUT2D eigenvalue weighted by Gasteiger charge is -2.04. The highest BCUT2D eigenvalue weighted by Crippen LogP contribution is 2.20. The molecule has 2 N–H and O–H groups in total. The van der Waals surface area contributed by atoms with E-state index in [1.807, 2.05) is 0 Å². The van der Waals surface area contributed by atoms with Gasteiger partial charge >= 0.3 is 0 Å². The molecule has 1 rings (SSSR count). The normalized spacial score (nSPS) is 15.4. The maximum Gasteiger partial charge on any atom is 0.231 e. The first kappa shape index (κ1) is 11.2. The van der Waals surface area contributed by atoms with Crippen molar-refractivity contribution >= 4 is 0 Å². The minimum atomic E-state index is 0.209. The number of nitrogens with two attached hydrogens (primary N) is 1. The Kier molecular flexibility index (Phi) is 4.07. The van der Waals surface area contributed by atoms with E-state index in [9.17, 15) is 0 Å². The van der Waals surface area contributed by atoms with Gasteiger partial charge in [-0.2, -0.15) is 4.98 Å². The Morgan fingerprint density at radius 3 is 2.57 bits per heavy atom. The van der Waals surface area contributed by atoms with E-state index >= 15 is 0 Å². The Morgan fingerprint density at radius 2 is 2.07 bits per heavy atom. The van der Waals surface area contributed by atoms with Crippen LogP contribution < -0.4 is 5.73 Å². The molecule has 0 amide bonds. The molecular formula is C10H19N3O. The summed E-state index contributed by atoms with van der Waals surface area (Å²) in [6.45, 7) is 6.85. The van der Waals surface area contributed by atoms with Gasteiger partial charge in [0.25, 0.3) is 0 Å². The number of hydrogen-bond donors (Lipinski definition) is 1. The van der Waals surface area contributed by atoms with Crippen molar-refractivity contribution in [2.24, 2.45) is 5.73 Å². The minimum absolute atomic E-state index is 0.209. The zero-order chi connectivity index (χ0) is 10.6. The van der Waals surface area contributed by atoms with Crippen molar-refractivity contribution in [2.45, 2.75) is 45.4 Å². The highest BCUT2D eigenvalue weighted by molar-refractivity contribution is 4.97. The highest BCUT2D eigenvalue weighted by Gasteiger charge is 2.17. The summed E-state index contributed by atoms with van der Waals surface area (Å²) in [5.74, 6) is 2.06. The molecule has 0 fully saturated rings. The van der Waals surface area contributed by atoms with Crippen molar-refractivity contribution in [1.29, 1.82) is 0 Å². The summed E-state index contributed by atoms with van der Waals surface area (Å²) in [4.78, 5) is 4.37. The molecule has 0 aliphatic heterocycles. The van der Waals surface area contributed by atoms with Gasteiger partial charge in [0, 0.05) is 12.5 Å². The van der Waals surface area contributed by atoms with Gasteiger partial charge in [-0.25, -0.2) is 0 Å². The second kappa shape index (κ2) is 5.10. The first-order valence-corrected chi connectivity index (χ1v) is 5.26. The highest BCUT2D eigenvalue weighted by atomic mass is 16.5. The van der Waals surface area contributed by atoms with E-state index in [-0.39, 0.29) is 5.92 Å². The molecule has 0 aliphatic carbocycles. The van der Waals surface area contributed by atoms with Crippen molar-refractivity contribution in [2.75, 3.05) is 6.54 Å². The Morgan fingerprint density at radius 1 is 1.36 bits per heavy atom. The van der Waals surface area contributed by atoms with Crippen LogP contribution in [0.5, 0.6) is 0 Å². The molecule has 2 atom stereocenters. The van der Waals surface area contributed by atoms with Crippen molar-refractivity contribution in [3.05, 3.63) is 11.7 Å². The number of nitrogens with zero attached hydrogens (tertiary/aromatic N) is 2. The molecule has 14 heavy (non-hydrogen) atoms. The molecule has 0 saturated heterocycles. The summed E-state index contributed by atoms with van der Waals surface area (Å²) >= 11 is 0. The third kappa shape index (κ3) is 2.32. The van der Waals surface area contributed by atoms with Crippen LogP contribution in [0.4, 0.5) is 0 Å². The SMILES string of the molecule is CCC(C)c1noc(C(CC)CN)n1. The summed E-state index contributed by atoms with van der Waals surface area (Å²) in [7, 11) is 0. The monoisotopic (exact) mass is 197 g/mol. The zero-order valence-electron chi connectivity index (χ0n) is 9.16. The van der Waals surface area contributed by atoms with Crippen LogP contribution in [0.15, 0.2) is 4.52 Å². The fourth-order valence-electron chi connectivity index (χ4n) is 1.24. The van der Waals surface area contributed by atoms with E-state index in [0.29, 0.717) is 18.4 Å². The van der Waals surface area contributed by atoms with Gasteiger partial charge in [-0.05, 0) is 12.8 Å². The fraction of sp³-hybridized carbons (Fsp3) is 0.800. The topological polar surface area (TPSA) is 64.9 Å². The van der Waals surface area contributed by atoms with Crippen LogP contribution >= 0.6 is 0 Å². The van der Waals surface area contributed by atoms with E-state index in [4.69, 9.17) is 10.3 Å². The van der Waals surface area contributed by atoms with Crippen LogP contribution in [0.3, 0.4) is 0 Å². The third-order valence-electron chi connectivity index (χ3n) is 2.64.